The molecular formula is C17H24N2O3. The molecule has 5 heteroatoms. The molecule has 1 aromatic carbocycles. The molecule has 0 saturated heterocycles. The molecule has 1 unspecified atom stereocenters. The van der Waals surface area contributed by atoms with Gasteiger partial charge in [-0.2, -0.15) is 0 Å². The van der Waals surface area contributed by atoms with Gasteiger partial charge in [0, 0.05) is 6.04 Å². The van der Waals surface area contributed by atoms with E-state index in [4.69, 9.17) is 4.74 Å². The third-order valence-corrected chi connectivity index (χ3v) is 3.59. The van der Waals surface area contributed by atoms with Crippen molar-refractivity contribution in [2.45, 2.75) is 45.7 Å². The highest BCUT2D eigenvalue weighted by molar-refractivity contribution is 5.99. The number of carbonyl (C=O) groups excluding carboxylic acids is 2. The molecule has 0 spiro atoms. The molecule has 2 N–H and O–H groups in total. The minimum absolute atomic E-state index is 0.0157. The maximum absolute atomic E-state index is 12.5. The quantitative estimate of drug-likeness (QED) is 0.811. The Morgan fingerprint density at radius 1 is 1.27 bits per heavy atom. The summed E-state index contributed by atoms with van der Waals surface area (Å²) in [6.07, 6.45) is 2.05. The van der Waals surface area contributed by atoms with Crippen molar-refractivity contribution in [3.63, 3.8) is 0 Å². The van der Waals surface area contributed by atoms with E-state index in [1.54, 1.807) is 18.2 Å². The Balaban J connectivity index is 2.08. The molecule has 5 nitrogen and oxygen atoms in total. The van der Waals surface area contributed by atoms with E-state index in [2.05, 4.69) is 10.6 Å². The lowest BCUT2D eigenvalue weighted by Gasteiger charge is -2.22. The monoisotopic (exact) mass is 304 g/mol. The van der Waals surface area contributed by atoms with Crippen LogP contribution in [0.25, 0.3) is 0 Å². The van der Waals surface area contributed by atoms with E-state index < -0.39 is 6.04 Å². The number of benzene rings is 1. The van der Waals surface area contributed by atoms with E-state index in [0.717, 1.165) is 12.8 Å². The number of hydrogen-bond acceptors (Lipinski definition) is 3. The van der Waals surface area contributed by atoms with Crippen LogP contribution in [0.1, 0.15) is 44.0 Å². The molecule has 0 bridgehead atoms. The van der Waals surface area contributed by atoms with Crippen molar-refractivity contribution in [1.29, 1.82) is 0 Å². The smallest absolute Gasteiger partial charge is 0.255 e. The van der Waals surface area contributed by atoms with Gasteiger partial charge in [0.25, 0.3) is 5.91 Å². The number of nitrogens with one attached hydrogen (secondary N) is 2. The molecule has 0 aliphatic heterocycles. The van der Waals surface area contributed by atoms with Crippen molar-refractivity contribution in [3.8, 4) is 5.75 Å². The molecule has 0 radical (unpaired) electrons. The zero-order valence-electron chi connectivity index (χ0n) is 13.4. The summed E-state index contributed by atoms with van der Waals surface area (Å²) in [7, 11) is 0. The van der Waals surface area contributed by atoms with Gasteiger partial charge in [-0.05, 0) is 37.8 Å². The van der Waals surface area contributed by atoms with Gasteiger partial charge in [-0.25, -0.2) is 0 Å². The standard InChI is InChI=1S/C17H24N2O3/c1-4-22-14-8-6-5-7-13(14)16(20)19-15(11(2)3)17(21)18-12-9-10-12/h5-8,11-12,15H,4,9-10H2,1-3H3,(H,18,21)(H,19,20). The molecule has 2 amide bonds. The first-order chi connectivity index (χ1) is 10.5. The van der Waals surface area contributed by atoms with Gasteiger partial charge in [0.15, 0.2) is 0 Å². The normalized spacial score (nSPS) is 15.3. The van der Waals surface area contributed by atoms with Crippen LogP contribution in [0.3, 0.4) is 0 Å². The highest BCUT2D eigenvalue weighted by Gasteiger charge is 2.30. The fourth-order valence-electron chi connectivity index (χ4n) is 2.21. The first-order valence-corrected chi connectivity index (χ1v) is 7.86. The van der Waals surface area contributed by atoms with Crippen molar-refractivity contribution in [3.05, 3.63) is 29.8 Å². The second-order valence-electron chi connectivity index (χ2n) is 5.91. The minimum Gasteiger partial charge on any atom is -0.493 e. The molecule has 2 rings (SSSR count). The molecule has 1 saturated carbocycles. The van der Waals surface area contributed by atoms with Crippen LogP contribution in [0.4, 0.5) is 0 Å². The van der Waals surface area contributed by atoms with Gasteiger partial charge >= 0.3 is 0 Å². The molecule has 1 aliphatic rings. The van der Waals surface area contributed by atoms with Crippen LogP contribution < -0.4 is 15.4 Å². The van der Waals surface area contributed by atoms with E-state index >= 15 is 0 Å². The van der Waals surface area contributed by atoms with Crippen LogP contribution in [-0.4, -0.2) is 30.5 Å². The topological polar surface area (TPSA) is 67.4 Å². The van der Waals surface area contributed by atoms with E-state index in [1.807, 2.05) is 26.8 Å². The van der Waals surface area contributed by atoms with Crippen molar-refractivity contribution < 1.29 is 14.3 Å². The van der Waals surface area contributed by atoms with Crippen molar-refractivity contribution >= 4 is 11.8 Å². The van der Waals surface area contributed by atoms with E-state index in [0.29, 0.717) is 17.9 Å². The molecule has 120 valence electrons. The Morgan fingerprint density at radius 3 is 2.55 bits per heavy atom. The molecule has 1 aromatic rings. The second kappa shape index (κ2) is 7.29. The second-order valence-corrected chi connectivity index (χ2v) is 5.91. The maximum Gasteiger partial charge on any atom is 0.255 e. The number of amides is 2. The predicted octanol–water partition coefficient (Wildman–Crippen LogP) is 2.12. The molecule has 0 heterocycles. The highest BCUT2D eigenvalue weighted by atomic mass is 16.5. The summed E-state index contributed by atoms with van der Waals surface area (Å²) < 4.78 is 5.47. The Hall–Kier alpha value is -2.04. The number of carbonyl (C=O) groups is 2. The van der Waals surface area contributed by atoms with Crippen molar-refractivity contribution in [2.75, 3.05) is 6.61 Å². The van der Waals surface area contributed by atoms with Crippen LogP contribution in [-0.2, 0) is 4.79 Å². The largest absolute Gasteiger partial charge is 0.493 e. The Labute approximate surface area is 131 Å². The number of hydrogen-bond donors (Lipinski definition) is 2. The average Bonchev–Trinajstić information content (AvgIpc) is 3.29. The Morgan fingerprint density at radius 2 is 1.95 bits per heavy atom. The molecule has 1 aliphatic carbocycles. The minimum atomic E-state index is -0.539. The highest BCUT2D eigenvalue weighted by Crippen LogP contribution is 2.20. The summed E-state index contributed by atoms with van der Waals surface area (Å²) >= 11 is 0. The fourth-order valence-corrected chi connectivity index (χ4v) is 2.21. The zero-order valence-corrected chi connectivity index (χ0v) is 13.4. The van der Waals surface area contributed by atoms with Gasteiger partial charge in [0.2, 0.25) is 5.91 Å². The molecular weight excluding hydrogens is 280 g/mol. The van der Waals surface area contributed by atoms with Crippen LogP contribution in [0.2, 0.25) is 0 Å². The maximum atomic E-state index is 12.5. The summed E-state index contributed by atoms with van der Waals surface area (Å²) in [5, 5.41) is 5.78. The lowest BCUT2D eigenvalue weighted by atomic mass is 10.0. The van der Waals surface area contributed by atoms with Crippen LogP contribution in [0.5, 0.6) is 5.75 Å². The summed E-state index contributed by atoms with van der Waals surface area (Å²) in [5.41, 5.74) is 0.453. The van der Waals surface area contributed by atoms with Crippen LogP contribution >= 0.6 is 0 Å². The van der Waals surface area contributed by atoms with Crippen LogP contribution in [0.15, 0.2) is 24.3 Å². The SMILES string of the molecule is CCOc1ccccc1C(=O)NC(C(=O)NC1CC1)C(C)C. The lowest BCUT2D eigenvalue weighted by molar-refractivity contribution is -0.124. The van der Waals surface area contributed by atoms with Gasteiger partial charge in [-0.1, -0.05) is 26.0 Å². The first-order valence-electron chi connectivity index (χ1n) is 7.86. The lowest BCUT2D eigenvalue weighted by Crippen LogP contribution is -2.50. The van der Waals surface area contributed by atoms with Gasteiger partial charge < -0.3 is 15.4 Å². The molecule has 1 atom stereocenters. The Kier molecular flexibility index (Phi) is 5.41. The van der Waals surface area contributed by atoms with Crippen molar-refractivity contribution in [1.82, 2.24) is 10.6 Å². The third-order valence-electron chi connectivity index (χ3n) is 3.59. The van der Waals surface area contributed by atoms with Gasteiger partial charge in [0.05, 0.1) is 12.2 Å². The van der Waals surface area contributed by atoms with Crippen LogP contribution in [0, 0.1) is 5.92 Å². The van der Waals surface area contributed by atoms with E-state index in [-0.39, 0.29) is 23.8 Å². The van der Waals surface area contributed by atoms with E-state index in [9.17, 15) is 9.59 Å². The zero-order chi connectivity index (χ0) is 16.1. The number of rotatable bonds is 7. The summed E-state index contributed by atoms with van der Waals surface area (Å²) in [6, 6.07) is 6.81. The molecule has 0 aromatic heterocycles. The predicted molar refractivity (Wildman–Crippen MR) is 84.9 cm³/mol. The first kappa shape index (κ1) is 16.3. The Bertz CT molecular complexity index is 538. The van der Waals surface area contributed by atoms with Gasteiger partial charge in [0.1, 0.15) is 11.8 Å². The summed E-state index contributed by atoms with van der Waals surface area (Å²) in [6.45, 7) is 6.20. The summed E-state index contributed by atoms with van der Waals surface area (Å²) in [5.74, 6) is 0.156. The van der Waals surface area contributed by atoms with Crippen molar-refractivity contribution in [2.24, 2.45) is 5.92 Å². The van der Waals surface area contributed by atoms with Gasteiger partial charge in [-0.15, -0.1) is 0 Å². The number of para-hydroxylation sites is 1. The van der Waals surface area contributed by atoms with Gasteiger partial charge in [-0.3, -0.25) is 9.59 Å². The summed E-state index contributed by atoms with van der Waals surface area (Å²) in [4.78, 5) is 24.7. The molecule has 22 heavy (non-hydrogen) atoms. The molecule has 1 fully saturated rings. The van der Waals surface area contributed by atoms with E-state index in [1.165, 1.54) is 0 Å². The third kappa shape index (κ3) is 4.23. The average molecular weight is 304 g/mol. The fraction of sp³-hybridized carbons (Fsp3) is 0.529. The number of ether oxygens (including phenoxy) is 1.